The second-order valence-corrected chi connectivity index (χ2v) is 8.87. The molecule has 1 heterocycles. The van der Waals surface area contributed by atoms with Gasteiger partial charge in [0.15, 0.2) is 0 Å². The first kappa shape index (κ1) is 28.0. The van der Waals surface area contributed by atoms with E-state index in [0.717, 1.165) is 0 Å². The van der Waals surface area contributed by atoms with Crippen molar-refractivity contribution in [2.75, 3.05) is 0 Å². The standard InChI is InChI=1S/C21H36N6O6/c1-10(2)6-15(21(32)33)26-20(31)17(12(5)28)27-18(29)14(7-13-8-23-9-24-13)25-19(30)16(22)11(3)4/h8-12,14-17,28H,6-7,22H2,1-5H3,(H,23,24)(H,25,30)(H,26,31)(H,27,29)(H,32,33). The van der Waals surface area contributed by atoms with Crippen LogP contribution in [0.15, 0.2) is 12.5 Å². The molecule has 5 atom stereocenters. The Morgan fingerprint density at radius 1 is 1.00 bits per heavy atom. The number of amides is 3. The number of aromatic nitrogens is 2. The molecule has 3 amide bonds. The second kappa shape index (κ2) is 12.9. The van der Waals surface area contributed by atoms with Gasteiger partial charge in [0.2, 0.25) is 17.7 Å². The predicted octanol–water partition coefficient (Wildman–Crippen LogP) is -1.10. The molecule has 0 fully saturated rings. The molecule has 1 aromatic heterocycles. The van der Waals surface area contributed by atoms with E-state index in [1.54, 1.807) is 27.7 Å². The Kier molecular flexibility index (Phi) is 11.0. The van der Waals surface area contributed by atoms with Crippen molar-refractivity contribution >= 4 is 23.7 Å². The fourth-order valence-corrected chi connectivity index (χ4v) is 3.01. The van der Waals surface area contributed by atoms with Gasteiger partial charge in [-0.15, -0.1) is 0 Å². The van der Waals surface area contributed by atoms with Gasteiger partial charge in [0.05, 0.1) is 18.5 Å². The van der Waals surface area contributed by atoms with Crippen molar-refractivity contribution in [3.05, 3.63) is 18.2 Å². The van der Waals surface area contributed by atoms with Crippen molar-refractivity contribution in [2.24, 2.45) is 17.6 Å². The predicted molar refractivity (Wildman–Crippen MR) is 120 cm³/mol. The summed E-state index contributed by atoms with van der Waals surface area (Å²) in [5.41, 5.74) is 6.43. The molecule has 1 rings (SSSR count). The second-order valence-electron chi connectivity index (χ2n) is 8.87. The van der Waals surface area contributed by atoms with Gasteiger partial charge < -0.3 is 36.9 Å². The minimum Gasteiger partial charge on any atom is -0.480 e. The normalized spacial score (nSPS) is 15.9. The first-order chi connectivity index (χ1) is 15.3. The van der Waals surface area contributed by atoms with Crippen LogP contribution in [-0.2, 0) is 25.6 Å². The number of carboxylic acid groups (broad SMARTS) is 1. The average molecular weight is 469 g/mol. The summed E-state index contributed by atoms with van der Waals surface area (Å²) in [5, 5.41) is 26.8. The molecule has 0 saturated carbocycles. The molecule has 0 aliphatic heterocycles. The van der Waals surface area contributed by atoms with Crippen LogP contribution in [0, 0.1) is 11.8 Å². The summed E-state index contributed by atoms with van der Waals surface area (Å²) >= 11 is 0. The molecule has 0 aliphatic carbocycles. The molecular weight excluding hydrogens is 432 g/mol. The van der Waals surface area contributed by atoms with E-state index in [1.807, 2.05) is 0 Å². The third kappa shape index (κ3) is 9.18. The van der Waals surface area contributed by atoms with Crippen molar-refractivity contribution in [3.8, 4) is 0 Å². The molecule has 0 aliphatic rings. The number of hydrogen-bond donors (Lipinski definition) is 7. The summed E-state index contributed by atoms with van der Waals surface area (Å²) in [5.74, 6) is -3.55. The van der Waals surface area contributed by atoms with Crippen LogP contribution in [0.2, 0.25) is 0 Å². The highest BCUT2D eigenvalue weighted by atomic mass is 16.4. The maximum absolute atomic E-state index is 13.0. The van der Waals surface area contributed by atoms with Gasteiger partial charge >= 0.3 is 5.97 Å². The quantitative estimate of drug-likeness (QED) is 0.189. The lowest BCUT2D eigenvalue weighted by Gasteiger charge is -2.27. The van der Waals surface area contributed by atoms with Crippen molar-refractivity contribution in [1.29, 1.82) is 0 Å². The number of aromatic amines is 1. The number of aliphatic carboxylic acids is 1. The van der Waals surface area contributed by atoms with E-state index in [9.17, 15) is 29.4 Å². The zero-order valence-electron chi connectivity index (χ0n) is 19.7. The lowest BCUT2D eigenvalue weighted by molar-refractivity contribution is -0.143. The highest BCUT2D eigenvalue weighted by Crippen LogP contribution is 2.07. The van der Waals surface area contributed by atoms with Crippen LogP contribution in [0.3, 0.4) is 0 Å². The first-order valence-corrected chi connectivity index (χ1v) is 10.9. The van der Waals surface area contributed by atoms with Crippen LogP contribution in [0.4, 0.5) is 0 Å². The smallest absolute Gasteiger partial charge is 0.326 e. The molecule has 0 saturated heterocycles. The lowest BCUT2D eigenvalue weighted by atomic mass is 10.0. The van der Waals surface area contributed by atoms with E-state index in [4.69, 9.17) is 5.73 Å². The van der Waals surface area contributed by atoms with Gasteiger partial charge in [0.1, 0.15) is 18.1 Å². The minimum absolute atomic E-state index is 0.00912. The number of aliphatic hydroxyl groups excluding tert-OH is 1. The van der Waals surface area contributed by atoms with Crippen LogP contribution >= 0.6 is 0 Å². The molecule has 0 aromatic carbocycles. The molecule has 0 radical (unpaired) electrons. The average Bonchev–Trinajstić information content (AvgIpc) is 3.22. The van der Waals surface area contributed by atoms with Gasteiger partial charge in [-0.25, -0.2) is 9.78 Å². The summed E-state index contributed by atoms with van der Waals surface area (Å²) in [7, 11) is 0. The van der Waals surface area contributed by atoms with Gasteiger partial charge in [-0.3, -0.25) is 14.4 Å². The van der Waals surface area contributed by atoms with E-state index in [-0.39, 0.29) is 24.7 Å². The van der Waals surface area contributed by atoms with Gasteiger partial charge in [0.25, 0.3) is 0 Å². The van der Waals surface area contributed by atoms with E-state index < -0.39 is 54.0 Å². The molecule has 0 spiro atoms. The molecule has 0 bridgehead atoms. The van der Waals surface area contributed by atoms with Gasteiger partial charge in [-0.1, -0.05) is 27.7 Å². The van der Waals surface area contributed by atoms with Crippen LogP contribution in [0.1, 0.15) is 46.7 Å². The summed E-state index contributed by atoms with van der Waals surface area (Å²) in [6.07, 6.45) is 1.77. The number of carbonyl (C=O) groups excluding carboxylic acids is 3. The molecular formula is C21H36N6O6. The molecule has 12 heteroatoms. The molecule has 1 aromatic rings. The Bertz CT molecular complexity index is 795. The van der Waals surface area contributed by atoms with Crippen LogP contribution in [0.5, 0.6) is 0 Å². The number of nitrogens with zero attached hydrogens (tertiary/aromatic N) is 1. The highest BCUT2D eigenvalue weighted by Gasteiger charge is 2.33. The number of rotatable bonds is 13. The zero-order chi connectivity index (χ0) is 25.3. The molecule has 5 unspecified atom stereocenters. The number of nitrogens with two attached hydrogens (primary N) is 1. The maximum Gasteiger partial charge on any atom is 0.326 e. The highest BCUT2D eigenvalue weighted by molar-refractivity contribution is 5.94. The SMILES string of the molecule is CC(C)CC(NC(=O)C(NC(=O)C(Cc1cnc[nH]1)NC(=O)C(N)C(C)C)C(C)O)C(=O)O. The summed E-state index contributed by atoms with van der Waals surface area (Å²) in [4.78, 5) is 56.4. The van der Waals surface area contributed by atoms with Gasteiger partial charge in [0, 0.05) is 18.3 Å². The molecule has 186 valence electrons. The summed E-state index contributed by atoms with van der Waals surface area (Å²) in [6.45, 7) is 8.43. The van der Waals surface area contributed by atoms with E-state index in [1.165, 1.54) is 19.4 Å². The van der Waals surface area contributed by atoms with Gasteiger partial charge in [-0.2, -0.15) is 0 Å². The Labute approximate surface area is 193 Å². The Hall–Kier alpha value is -2.99. The summed E-state index contributed by atoms with van der Waals surface area (Å²) in [6, 6.07) is -4.60. The van der Waals surface area contributed by atoms with E-state index in [0.29, 0.717) is 5.69 Å². The largest absolute Gasteiger partial charge is 0.480 e. The first-order valence-electron chi connectivity index (χ1n) is 10.9. The Morgan fingerprint density at radius 2 is 1.61 bits per heavy atom. The molecule has 12 nitrogen and oxygen atoms in total. The number of hydrogen-bond acceptors (Lipinski definition) is 7. The minimum atomic E-state index is -1.44. The third-order valence-electron chi connectivity index (χ3n) is 5.02. The Balaban J connectivity index is 3.02. The van der Waals surface area contributed by atoms with Crippen molar-refractivity contribution < 1.29 is 29.4 Å². The topological polar surface area (TPSA) is 200 Å². The summed E-state index contributed by atoms with van der Waals surface area (Å²) < 4.78 is 0. The van der Waals surface area contributed by atoms with Crippen molar-refractivity contribution in [3.63, 3.8) is 0 Å². The zero-order valence-corrected chi connectivity index (χ0v) is 19.7. The number of carboxylic acids is 1. The van der Waals surface area contributed by atoms with Crippen molar-refractivity contribution in [2.45, 2.75) is 77.7 Å². The third-order valence-corrected chi connectivity index (χ3v) is 5.02. The fraction of sp³-hybridized carbons (Fsp3) is 0.667. The van der Waals surface area contributed by atoms with Gasteiger partial charge in [-0.05, 0) is 25.2 Å². The number of imidazole rings is 1. The number of nitrogens with one attached hydrogen (secondary N) is 4. The monoisotopic (exact) mass is 468 g/mol. The number of aliphatic hydroxyl groups is 1. The molecule has 33 heavy (non-hydrogen) atoms. The fourth-order valence-electron chi connectivity index (χ4n) is 3.01. The van der Waals surface area contributed by atoms with Crippen LogP contribution < -0.4 is 21.7 Å². The molecule has 8 N–H and O–H groups in total. The van der Waals surface area contributed by atoms with Crippen LogP contribution in [-0.4, -0.2) is 74.1 Å². The van der Waals surface area contributed by atoms with E-state index in [2.05, 4.69) is 25.9 Å². The Morgan fingerprint density at radius 3 is 2.06 bits per heavy atom. The van der Waals surface area contributed by atoms with Crippen LogP contribution in [0.25, 0.3) is 0 Å². The van der Waals surface area contributed by atoms with Crippen molar-refractivity contribution in [1.82, 2.24) is 25.9 Å². The maximum atomic E-state index is 13.0. The van der Waals surface area contributed by atoms with E-state index >= 15 is 0 Å². The number of H-pyrrole nitrogens is 1. The number of carbonyl (C=O) groups is 4. The lowest BCUT2D eigenvalue weighted by Crippen LogP contribution is -2.60.